The van der Waals surface area contributed by atoms with E-state index in [1.54, 1.807) is 23.8 Å². The normalized spacial score (nSPS) is 15.6. The van der Waals surface area contributed by atoms with E-state index in [0.29, 0.717) is 37.5 Å². The van der Waals surface area contributed by atoms with Crippen molar-refractivity contribution in [1.82, 2.24) is 9.80 Å². The van der Waals surface area contributed by atoms with Gasteiger partial charge in [0.2, 0.25) is 5.91 Å². The third kappa shape index (κ3) is 3.54. The minimum atomic E-state index is -0.0269. The van der Waals surface area contributed by atoms with Crippen molar-refractivity contribution < 1.29 is 14.3 Å². The van der Waals surface area contributed by atoms with Crippen molar-refractivity contribution >= 4 is 11.8 Å². The van der Waals surface area contributed by atoms with E-state index >= 15 is 0 Å². The summed E-state index contributed by atoms with van der Waals surface area (Å²) >= 11 is 0. The molecular weight excluding hydrogens is 268 g/mol. The summed E-state index contributed by atoms with van der Waals surface area (Å²) in [6, 6.07) is 5.60. The van der Waals surface area contributed by atoms with E-state index in [1.807, 2.05) is 25.1 Å². The maximum atomic E-state index is 12.7. The SMILES string of the molecule is COc1ccc(C)cc1C(=O)N1CCCN(C(C)=O)CC1. The van der Waals surface area contributed by atoms with Crippen LogP contribution in [0.5, 0.6) is 5.75 Å². The van der Waals surface area contributed by atoms with E-state index in [0.717, 1.165) is 12.0 Å². The molecule has 1 aliphatic heterocycles. The first kappa shape index (κ1) is 15.4. The highest BCUT2D eigenvalue weighted by atomic mass is 16.5. The number of ether oxygens (including phenoxy) is 1. The summed E-state index contributed by atoms with van der Waals surface area (Å²) in [4.78, 5) is 27.7. The fourth-order valence-electron chi connectivity index (χ4n) is 2.59. The molecule has 5 nitrogen and oxygen atoms in total. The minimum Gasteiger partial charge on any atom is -0.496 e. The van der Waals surface area contributed by atoms with Crippen LogP contribution >= 0.6 is 0 Å². The van der Waals surface area contributed by atoms with Crippen molar-refractivity contribution in [2.75, 3.05) is 33.3 Å². The van der Waals surface area contributed by atoms with Crippen LogP contribution in [0.3, 0.4) is 0 Å². The lowest BCUT2D eigenvalue weighted by molar-refractivity contribution is -0.128. The highest BCUT2D eigenvalue weighted by molar-refractivity contribution is 5.97. The summed E-state index contributed by atoms with van der Waals surface area (Å²) in [5.74, 6) is 0.636. The molecule has 2 rings (SSSR count). The van der Waals surface area contributed by atoms with E-state index in [9.17, 15) is 9.59 Å². The third-order valence-electron chi connectivity index (χ3n) is 3.81. The Morgan fingerprint density at radius 2 is 1.76 bits per heavy atom. The summed E-state index contributed by atoms with van der Waals surface area (Å²) in [5.41, 5.74) is 1.62. The first-order chi connectivity index (χ1) is 10.0. The summed E-state index contributed by atoms with van der Waals surface area (Å²) in [7, 11) is 1.57. The maximum absolute atomic E-state index is 12.7. The van der Waals surface area contributed by atoms with Gasteiger partial charge < -0.3 is 14.5 Å². The average molecular weight is 290 g/mol. The zero-order chi connectivity index (χ0) is 15.4. The van der Waals surface area contributed by atoms with Crippen molar-refractivity contribution in [2.24, 2.45) is 0 Å². The molecule has 1 fully saturated rings. The molecule has 0 saturated carbocycles. The molecule has 2 amide bonds. The van der Waals surface area contributed by atoms with Crippen LogP contribution in [0.15, 0.2) is 18.2 Å². The Balaban J connectivity index is 2.16. The summed E-state index contributed by atoms with van der Waals surface area (Å²) in [6.45, 7) is 6.06. The van der Waals surface area contributed by atoms with Crippen LogP contribution in [0.1, 0.15) is 29.3 Å². The van der Waals surface area contributed by atoms with Crippen molar-refractivity contribution in [1.29, 1.82) is 0 Å². The maximum Gasteiger partial charge on any atom is 0.257 e. The van der Waals surface area contributed by atoms with Crippen molar-refractivity contribution in [2.45, 2.75) is 20.3 Å². The molecule has 1 aromatic carbocycles. The standard InChI is InChI=1S/C16H22N2O3/c1-12-5-6-15(21-3)14(11-12)16(20)18-8-4-7-17(9-10-18)13(2)19/h5-6,11H,4,7-10H2,1-3H3. The second-order valence-electron chi connectivity index (χ2n) is 5.36. The molecule has 0 radical (unpaired) electrons. The van der Waals surface area contributed by atoms with Gasteiger partial charge in [-0.05, 0) is 25.5 Å². The molecule has 0 aromatic heterocycles. The Morgan fingerprint density at radius 3 is 2.43 bits per heavy atom. The second kappa shape index (κ2) is 6.61. The number of nitrogens with zero attached hydrogens (tertiary/aromatic N) is 2. The Morgan fingerprint density at radius 1 is 1.10 bits per heavy atom. The van der Waals surface area contributed by atoms with Gasteiger partial charge in [-0.3, -0.25) is 9.59 Å². The lowest BCUT2D eigenvalue weighted by Crippen LogP contribution is -2.36. The van der Waals surface area contributed by atoms with Gasteiger partial charge in [-0.2, -0.15) is 0 Å². The Hall–Kier alpha value is -2.04. The van der Waals surface area contributed by atoms with E-state index in [-0.39, 0.29) is 11.8 Å². The topological polar surface area (TPSA) is 49.9 Å². The van der Waals surface area contributed by atoms with Gasteiger partial charge in [0, 0.05) is 33.1 Å². The predicted molar refractivity (Wildman–Crippen MR) is 80.5 cm³/mol. The molecule has 21 heavy (non-hydrogen) atoms. The first-order valence-corrected chi connectivity index (χ1v) is 7.22. The summed E-state index contributed by atoms with van der Waals surface area (Å²) in [5, 5.41) is 0. The van der Waals surface area contributed by atoms with E-state index in [4.69, 9.17) is 4.74 Å². The highest BCUT2D eigenvalue weighted by Gasteiger charge is 2.23. The molecule has 114 valence electrons. The monoisotopic (exact) mass is 290 g/mol. The van der Waals surface area contributed by atoms with Crippen LogP contribution in [-0.4, -0.2) is 54.9 Å². The predicted octanol–water partition coefficient (Wildman–Crippen LogP) is 1.70. The number of amides is 2. The molecule has 0 aliphatic carbocycles. The molecule has 5 heteroatoms. The molecule has 0 unspecified atom stereocenters. The van der Waals surface area contributed by atoms with Crippen molar-refractivity contribution in [3.8, 4) is 5.75 Å². The number of carbonyl (C=O) groups is 2. The van der Waals surface area contributed by atoms with E-state index in [2.05, 4.69) is 0 Å². The zero-order valence-electron chi connectivity index (χ0n) is 12.9. The smallest absolute Gasteiger partial charge is 0.257 e. The number of methoxy groups -OCH3 is 1. The zero-order valence-corrected chi connectivity index (χ0v) is 12.9. The molecule has 0 bridgehead atoms. The molecule has 0 spiro atoms. The van der Waals surface area contributed by atoms with Crippen LogP contribution in [0.25, 0.3) is 0 Å². The van der Waals surface area contributed by atoms with Crippen molar-refractivity contribution in [3.05, 3.63) is 29.3 Å². The molecule has 0 atom stereocenters. The van der Waals surface area contributed by atoms with Gasteiger partial charge in [-0.25, -0.2) is 0 Å². The fraction of sp³-hybridized carbons (Fsp3) is 0.500. The van der Waals surface area contributed by atoms with E-state index in [1.165, 1.54) is 0 Å². The molecule has 1 saturated heterocycles. The van der Waals surface area contributed by atoms with Gasteiger partial charge in [0.05, 0.1) is 12.7 Å². The average Bonchev–Trinajstić information content (AvgIpc) is 2.72. The summed E-state index contributed by atoms with van der Waals surface area (Å²) in [6.07, 6.45) is 0.805. The van der Waals surface area contributed by atoms with Crippen LogP contribution in [-0.2, 0) is 4.79 Å². The number of benzene rings is 1. The minimum absolute atomic E-state index is 0.0269. The quantitative estimate of drug-likeness (QED) is 0.833. The van der Waals surface area contributed by atoms with Crippen LogP contribution in [0.2, 0.25) is 0 Å². The van der Waals surface area contributed by atoms with Crippen LogP contribution in [0, 0.1) is 6.92 Å². The molecule has 0 N–H and O–H groups in total. The Kier molecular flexibility index (Phi) is 4.83. The molecular formula is C16H22N2O3. The molecule has 1 aliphatic rings. The number of hydrogen-bond acceptors (Lipinski definition) is 3. The number of rotatable bonds is 2. The van der Waals surface area contributed by atoms with Crippen molar-refractivity contribution in [3.63, 3.8) is 0 Å². The van der Waals surface area contributed by atoms with Gasteiger partial charge in [0.1, 0.15) is 5.75 Å². The Bertz CT molecular complexity index is 542. The van der Waals surface area contributed by atoms with Gasteiger partial charge >= 0.3 is 0 Å². The highest BCUT2D eigenvalue weighted by Crippen LogP contribution is 2.22. The second-order valence-corrected chi connectivity index (χ2v) is 5.36. The van der Waals surface area contributed by atoms with Gasteiger partial charge in [-0.1, -0.05) is 11.6 Å². The molecule has 1 aromatic rings. The number of carbonyl (C=O) groups excluding carboxylic acids is 2. The van der Waals surface area contributed by atoms with Crippen LogP contribution in [0.4, 0.5) is 0 Å². The number of aryl methyl sites for hydroxylation is 1. The Labute approximate surface area is 125 Å². The first-order valence-electron chi connectivity index (χ1n) is 7.22. The van der Waals surface area contributed by atoms with Gasteiger partial charge in [0.25, 0.3) is 5.91 Å². The largest absolute Gasteiger partial charge is 0.496 e. The lowest BCUT2D eigenvalue weighted by atomic mass is 10.1. The lowest BCUT2D eigenvalue weighted by Gasteiger charge is -2.22. The van der Waals surface area contributed by atoms with Gasteiger partial charge in [-0.15, -0.1) is 0 Å². The summed E-state index contributed by atoms with van der Waals surface area (Å²) < 4.78 is 5.29. The molecule has 1 heterocycles. The fourth-order valence-corrected chi connectivity index (χ4v) is 2.59. The van der Waals surface area contributed by atoms with Crippen LogP contribution < -0.4 is 4.74 Å². The van der Waals surface area contributed by atoms with E-state index < -0.39 is 0 Å². The third-order valence-corrected chi connectivity index (χ3v) is 3.81. The van der Waals surface area contributed by atoms with Gasteiger partial charge in [0.15, 0.2) is 0 Å². The number of hydrogen-bond donors (Lipinski definition) is 0.